The van der Waals surface area contributed by atoms with Crippen LogP contribution in [0.3, 0.4) is 0 Å². The quantitative estimate of drug-likeness (QED) is 0.903. The van der Waals surface area contributed by atoms with Crippen molar-refractivity contribution in [3.63, 3.8) is 0 Å². The number of hydrogen-bond acceptors (Lipinski definition) is 4. The van der Waals surface area contributed by atoms with Crippen molar-refractivity contribution in [3.8, 4) is 5.75 Å². The molecule has 1 atom stereocenters. The van der Waals surface area contributed by atoms with Crippen molar-refractivity contribution in [1.82, 2.24) is 10.2 Å². The molecule has 1 aliphatic rings. The van der Waals surface area contributed by atoms with Gasteiger partial charge in [0.15, 0.2) is 0 Å². The molecule has 1 heterocycles. The van der Waals surface area contributed by atoms with Gasteiger partial charge < -0.3 is 15.0 Å². The molecular formula is C14H18N2O3S. The number of ether oxygens (including phenoxy) is 1. The van der Waals surface area contributed by atoms with Gasteiger partial charge in [-0.25, -0.2) is 0 Å². The number of carbonyl (C=O) groups is 2. The van der Waals surface area contributed by atoms with Crippen molar-refractivity contribution in [1.29, 1.82) is 0 Å². The molecule has 1 saturated heterocycles. The third kappa shape index (κ3) is 3.45. The highest BCUT2D eigenvalue weighted by molar-refractivity contribution is 8.13. The van der Waals surface area contributed by atoms with Gasteiger partial charge >= 0.3 is 0 Å². The normalized spacial score (nSPS) is 16.1. The van der Waals surface area contributed by atoms with Crippen LogP contribution in [0.15, 0.2) is 24.3 Å². The molecule has 1 fully saturated rings. The van der Waals surface area contributed by atoms with Gasteiger partial charge in [-0.2, -0.15) is 0 Å². The average molecular weight is 294 g/mol. The van der Waals surface area contributed by atoms with Crippen molar-refractivity contribution in [3.05, 3.63) is 29.8 Å². The van der Waals surface area contributed by atoms with E-state index < -0.39 is 0 Å². The molecule has 5 nitrogen and oxygen atoms in total. The second-order valence-electron chi connectivity index (χ2n) is 4.57. The fourth-order valence-corrected chi connectivity index (χ4v) is 2.96. The Bertz CT molecular complexity index is 507. The molecule has 1 aliphatic heterocycles. The number of nitrogens with one attached hydrogen (secondary N) is 1. The number of carbonyl (C=O) groups excluding carboxylic acids is 2. The van der Waals surface area contributed by atoms with E-state index in [-0.39, 0.29) is 23.7 Å². The topological polar surface area (TPSA) is 58.6 Å². The van der Waals surface area contributed by atoms with E-state index in [2.05, 4.69) is 5.32 Å². The van der Waals surface area contributed by atoms with Crippen LogP contribution in [0.1, 0.15) is 18.5 Å². The van der Waals surface area contributed by atoms with Crippen LogP contribution in [0.4, 0.5) is 4.79 Å². The summed E-state index contributed by atoms with van der Waals surface area (Å²) in [6, 6.07) is 7.40. The Balaban J connectivity index is 1.95. The molecule has 0 saturated carbocycles. The van der Waals surface area contributed by atoms with Crippen LogP contribution in [0.2, 0.25) is 0 Å². The molecule has 20 heavy (non-hydrogen) atoms. The molecule has 1 N–H and O–H groups in total. The summed E-state index contributed by atoms with van der Waals surface area (Å²) in [6.07, 6.45) is 0. The van der Waals surface area contributed by atoms with E-state index in [1.807, 2.05) is 31.2 Å². The Labute approximate surface area is 122 Å². The van der Waals surface area contributed by atoms with Crippen molar-refractivity contribution >= 4 is 22.9 Å². The first-order valence-electron chi connectivity index (χ1n) is 6.46. The molecule has 0 spiro atoms. The van der Waals surface area contributed by atoms with Crippen LogP contribution in [0.25, 0.3) is 0 Å². The number of para-hydroxylation sites is 1. The lowest BCUT2D eigenvalue weighted by molar-refractivity contribution is -0.122. The zero-order valence-corrected chi connectivity index (χ0v) is 12.4. The maximum Gasteiger partial charge on any atom is 0.282 e. The Kier molecular flexibility index (Phi) is 4.89. The van der Waals surface area contributed by atoms with Crippen LogP contribution in [0.5, 0.6) is 5.75 Å². The Hall–Kier alpha value is -1.69. The van der Waals surface area contributed by atoms with Gasteiger partial charge in [0.2, 0.25) is 5.91 Å². The van der Waals surface area contributed by atoms with Crippen molar-refractivity contribution in [2.45, 2.75) is 13.0 Å². The highest BCUT2D eigenvalue weighted by Gasteiger charge is 2.24. The first-order chi connectivity index (χ1) is 9.61. The van der Waals surface area contributed by atoms with Crippen LogP contribution in [-0.2, 0) is 4.79 Å². The lowest BCUT2D eigenvalue weighted by atomic mass is 10.1. The molecule has 1 aromatic carbocycles. The zero-order valence-electron chi connectivity index (χ0n) is 11.6. The Morgan fingerprint density at radius 1 is 1.50 bits per heavy atom. The van der Waals surface area contributed by atoms with Crippen molar-refractivity contribution in [2.24, 2.45) is 0 Å². The third-order valence-corrected chi connectivity index (χ3v) is 4.05. The standard InChI is InChI=1S/C14H18N2O3S/c1-10(11-5-3-4-6-12(11)19-2)15-13(17)9-16-7-8-20-14(16)18/h3-6,10H,7-9H2,1-2H3,(H,15,17)/t10-/m1/s1. The molecule has 1 aromatic rings. The summed E-state index contributed by atoms with van der Waals surface area (Å²) < 4.78 is 5.28. The highest BCUT2D eigenvalue weighted by Crippen LogP contribution is 2.24. The smallest absolute Gasteiger partial charge is 0.282 e. The van der Waals surface area contributed by atoms with Crippen LogP contribution >= 0.6 is 11.8 Å². The number of nitrogens with zero attached hydrogens (tertiary/aromatic N) is 1. The largest absolute Gasteiger partial charge is 0.496 e. The first kappa shape index (κ1) is 14.7. The van der Waals surface area contributed by atoms with Gasteiger partial charge in [-0.05, 0) is 13.0 Å². The SMILES string of the molecule is COc1ccccc1[C@@H](C)NC(=O)CN1CCSC1=O. The summed E-state index contributed by atoms with van der Waals surface area (Å²) in [5, 5.41) is 2.87. The fraction of sp³-hybridized carbons (Fsp3) is 0.429. The average Bonchev–Trinajstić information content (AvgIpc) is 2.84. The molecule has 2 amide bonds. The number of hydrogen-bond donors (Lipinski definition) is 1. The predicted molar refractivity (Wildman–Crippen MR) is 79.0 cm³/mol. The highest BCUT2D eigenvalue weighted by atomic mass is 32.2. The molecule has 6 heteroatoms. The van der Waals surface area contributed by atoms with Gasteiger partial charge in [0.1, 0.15) is 12.3 Å². The minimum absolute atomic E-state index is 0.0231. The first-order valence-corrected chi connectivity index (χ1v) is 7.44. The number of thioether (sulfide) groups is 1. The van der Waals surface area contributed by atoms with E-state index in [1.54, 1.807) is 12.0 Å². The van der Waals surface area contributed by atoms with E-state index in [0.29, 0.717) is 6.54 Å². The summed E-state index contributed by atoms with van der Waals surface area (Å²) in [6.45, 7) is 2.65. The molecule has 0 bridgehead atoms. The van der Waals surface area contributed by atoms with Crippen LogP contribution in [0, 0.1) is 0 Å². The summed E-state index contributed by atoms with van der Waals surface area (Å²) in [5.74, 6) is 1.35. The van der Waals surface area contributed by atoms with Gasteiger partial charge in [0, 0.05) is 17.9 Å². The lowest BCUT2D eigenvalue weighted by Crippen LogP contribution is -2.38. The van der Waals surface area contributed by atoms with Crippen molar-refractivity contribution < 1.29 is 14.3 Å². The zero-order chi connectivity index (χ0) is 14.5. The van der Waals surface area contributed by atoms with Crippen molar-refractivity contribution in [2.75, 3.05) is 26.0 Å². The van der Waals surface area contributed by atoms with E-state index >= 15 is 0 Å². The molecule has 2 rings (SSSR count). The number of benzene rings is 1. The molecular weight excluding hydrogens is 276 g/mol. The van der Waals surface area contributed by atoms with E-state index in [4.69, 9.17) is 4.74 Å². The molecule has 0 unspecified atom stereocenters. The number of methoxy groups -OCH3 is 1. The third-order valence-electron chi connectivity index (χ3n) is 3.16. The monoisotopic (exact) mass is 294 g/mol. The predicted octanol–water partition coefficient (Wildman–Crippen LogP) is 2.04. The Morgan fingerprint density at radius 3 is 2.90 bits per heavy atom. The summed E-state index contributed by atoms with van der Waals surface area (Å²) in [7, 11) is 1.60. The molecule has 0 aliphatic carbocycles. The second kappa shape index (κ2) is 6.65. The molecule has 0 aromatic heterocycles. The fourth-order valence-electron chi connectivity index (χ4n) is 2.13. The van der Waals surface area contributed by atoms with E-state index in [1.165, 1.54) is 11.8 Å². The van der Waals surface area contributed by atoms with E-state index in [9.17, 15) is 9.59 Å². The maximum absolute atomic E-state index is 12.0. The summed E-state index contributed by atoms with van der Waals surface area (Å²) >= 11 is 1.26. The number of amides is 2. The lowest BCUT2D eigenvalue weighted by Gasteiger charge is -2.19. The van der Waals surface area contributed by atoms with Gasteiger partial charge in [-0.3, -0.25) is 9.59 Å². The van der Waals surface area contributed by atoms with Gasteiger partial charge in [-0.15, -0.1) is 0 Å². The van der Waals surface area contributed by atoms with Gasteiger partial charge in [0.05, 0.1) is 13.2 Å². The Morgan fingerprint density at radius 2 is 2.25 bits per heavy atom. The van der Waals surface area contributed by atoms with Gasteiger partial charge in [-0.1, -0.05) is 30.0 Å². The minimum atomic E-state index is -0.163. The van der Waals surface area contributed by atoms with Crippen LogP contribution < -0.4 is 10.1 Å². The summed E-state index contributed by atoms with van der Waals surface area (Å²) in [4.78, 5) is 25.0. The van der Waals surface area contributed by atoms with E-state index in [0.717, 1.165) is 17.1 Å². The van der Waals surface area contributed by atoms with Crippen LogP contribution in [-0.4, -0.2) is 42.0 Å². The molecule has 108 valence electrons. The van der Waals surface area contributed by atoms with Gasteiger partial charge in [0.25, 0.3) is 5.24 Å². The number of rotatable bonds is 5. The maximum atomic E-state index is 12.0. The molecule has 0 radical (unpaired) electrons. The minimum Gasteiger partial charge on any atom is -0.496 e. The summed E-state index contributed by atoms with van der Waals surface area (Å²) in [5.41, 5.74) is 0.922. The second-order valence-corrected chi connectivity index (χ2v) is 5.61.